The van der Waals surface area contributed by atoms with Crippen molar-refractivity contribution >= 4 is 58.4 Å². The van der Waals surface area contributed by atoms with Gasteiger partial charge in [-0.25, -0.2) is 0 Å². The van der Waals surface area contributed by atoms with Crippen molar-refractivity contribution in [2.75, 3.05) is 0 Å². The minimum atomic E-state index is 0.767. The predicted octanol–water partition coefficient (Wildman–Crippen LogP) is 8.03. The molecule has 0 aliphatic rings. The minimum absolute atomic E-state index is 0.767. The Bertz CT molecular complexity index is 1430. The Hall–Kier alpha value is -2.52. The lowest BCUT2D eigenvalue weighted by Crippen LogP contribution is -1.79. The molecule has 0 bridgehead atoms. The molecule has 0 N–H and O–H groups in total. The van der Waals surface area contributed by atoms with Gasteiger partial charge in [0.2, 0.25) is 0 Å². The molecular weight excluding hydrogens is 350 g/mol. The molecule has 6 rings (SSSR count). The molecule has 0 nitrogen and oxygen atoms in total. The molecule has 0 aliphatic carbocycles. The highest BCUT2D eigenvalue weighted by Gasteiger charge is 2.11. The number of hydrogen-bond donors (Lipinski definition) is 0. The fourth-order valence-electron chi connectivity index (χ4n) is 4.16. The van der Waals surface area contributed by atoms with E-state index in [1.807, 2.05) is 0 Å². The quantitative estimate of drug-likeness (QED) is 0.276. The summed E-state index contributed by atoms with van der Waals surface area (Å²) in [5, 5.41) is 11.6. The maximum absolute atomic E-state index is 2.42. The van der Waals surface area contributed by atoms with E-state index in [4.69, 9.17) is 0 Å². The van der Waals surface area contributed by atoms with Crippen LogP contribution in [0.1, 0.15) is 0 Å². The fourth-order valence-corrected chi connectivity index (χ4v) is 6.95. The zero-order valence-corrected chi connectivity index (χ0v) is 16.1. The molecule has 2 unspecified atom stereocenters. The van der Waals surface area contributed by atoms with Gasteiger partial charge in [0.25, 0.3) is 0 Å². The van der Waals surface area contributed by atoms with E-state index in [0.29, 0.717) is 0 Å². The van der Waals surface area contributed by atoms with Crippen LogP contribution in [0.3, 0.4) is 0 Å². The van der Waals surface area contributed by atoms with Crippen molar-refractivity contribution in [2.45, 2.75) is 0 Å². The summed E-state index contributed by atoms with van der Waals surface area (Å²) in [7, 11) is 1.54. The molecule has 2 heteroatoms. The Morgan fingerprint density at radius 2 is 1.12 bits per heavy atom. The summed E-state index contributed by atoms with van der Waals surface area (Å²) >= 11 is 0. The minimum Gasteiger partial charge on any atom is -0.123 e. The Morgan fingerprint density at radius 1 is 0.462 bits per heavy atom. The number of hydrogen-bond acceptors (Lipinski definition) is 0. The summed E-state index contributed by atoms with van der Waals surface area (Å²) in [5.41, 5.74) is 2.73. The first kappa shape index (κ1) is 14.6. The van der Waals surface area contributed by atoms with E-state index in [1.54, 1.807) is 0 Å². The van der Waals surface area contributed by atoms with Gasteiger partial charge in [-0.05, 0) is 43.6 Å². The first-order chi connectivity index (χ1) is 12.9. The molecule has 0 radical (unpaired) electrons. The lowest BCUT2D eigenvalue weighted by molar-refractivity contribution is 1.74. The molecule has 26 heavy (non-hydrogen) atoms. The van der Waals surface area contributed by atoms with Crippen LogP contribution in [0, 0.1) is 0 Å². The molecule has 0 fully saturated rings. The summed E-state index contributed by atoms with van der Waals surface area (Å²) in [4.78, 5) is 0. The highest BCUT2D eigenvalue weighted by Crippen LogP contribution is 2.44. The topological polar surface area (TPSA) is 0 Å². The highest BCUT2D eigenvalue weighted by molar-refractivity contribution is 7.44. The third-order valence-electron chi connectivity index (χ3n) is 5.35. The zero-order chi connectivity index (χ0) is 17.1. The Balaban J connectivity index is 1.68. The monoisotopic (exact) mass is 366 g/mol. The lowest BCUT2D eigenvalue weighted by Gasteiger charge is -2.06. The van der Waals surface area contributed by atoms with E-state index < -0.39 is 0 Å². The molecule has 4 aromatic carbocycles. The number of benzene rings is 4. The first-order valence-electron chi connectivity index (χ1n) is 8.89. The molecule has 0 amide bonds. The number of rotatable bonds is 1. The van der Waals surface area contributed by atoms with E-state index in [9.17, 15) is 0 Å². The predicted molar refractivity (Wildman–Crippen MR) is 121 cm³/mol. The van der Waals surface area contributed by atoms with Crippen LogP contribution in [0.5, 0.6) is 0 Å². The molecule has 2 aromatic heterocycles. The van der Waals surface area contributed by atoms with Gasteiger partial charge in [0.15, 0.2) is 0 Å². The molecule has 0 saturated carbocycles. The van der Waals surface area contributed by atoms with Crippen LogP contribution in [0.4, 0.5) is 0 Å². The molecule has 2 atom stereocenters. The second kappa shape index (κ2) is 5.49. The summed E-state index contributed by atoms with van der Waals surface area (Å²) < 4.78 is 0. The van der Waals surface area contributed by atoms with Crippen LogP contribution in [-0.2, 0) is 0 Å². The summed E-state index contributed by atoms with van der Waals surface area (Å²) in [6.07, 6.45) is 0. The van der Waals surface area contributed by atoms with Crippen molar-refractivity contribution in [3.8, 4) is 11.1 Å². The van der Waals surface area contributed by atoms with E-state index in [-0.39, 0.29) is 0 Å². The lowest BCUT2D eigenvalue weighted by atomic mass is 9.98. The zero-order valence-electron chi connectivity index (χ0n) is 14.1. The van der Waals surface area contributed by atoms with Gasteiger partial charge in [-0.2, -0.15) is 0 Å². The molecule has 2 heterocycles. The van der Waals surface area contributed by atoms with E-state index in [2.05, 4.69) is 84.9 Å². The van der Waals surface area contributed by atoms with Gasteiger partial charge in [-0.1, -0.05) is 78.9 Å². The normalized spacial score (nSPS) is 12.5. The molecule has 6 aromatic rings. The fraction of sp³-hybridized carbons (Fsp3) is 0. The SMILES string of the molecule is c1ccc2c(c1)[pH]c1cc(-c3cccc4[pH]c5ccccc5c34)ccc12. The van der Waals surface area contributed by atoms with Crippen molar-refractivity contribution < 1.29 is 0 Å². The van der Waals surface area contributed by atoms with Gasteiger partial charge in [0, 0.05) is 15.6 Å². The largest absolute Gasteiger partial charge is 0.123 e. The van der Waals surface area contributed by atoms with Gasteiger partial charge < -0.3 is 0 Å². The summed E-state index contributed by atoms with van der Waals surface area (Å²) in [6.45, 7) is 0. The van der Waals surface area contributed by atoms with Gasteiger partial charge in [0.1, 0.15) is 0 Å². The van der Waals surface area contributed by atoms with E-state index in [1.165, 1.54) is 53.1 Å². The van der Waals surface area contributed by atoms with Crippen molar-refractivity contribution in [1.29, 1.82) is 0 Å². The van der Waals surface area contributed by atoms with Gasteiger partial charge in [-0.3, -0.25) is 0 Å². The second-order valence-corrected chi connectivity index (χ2v) is 9.48. The van der Waals surface area contributed by atoms with Crippen LogP contribution in [0.2, 0.25) is 0 Å². The second-order valence-electron chi connectivity index (χ2n) is 6.83. The van der Waals surface area contributed by atoms with Gasteiger partial charge >= 0.3 is 0 Å². The average molecular weight is 366 g/mol. The maximum atomic E-state index is 2.42. The van der Waals surface area contributed by atoms with Crippen LogP contribution in [0.25, 0.3) is 53.1 Å². The van der Waals surface area contributed by atoms with Crippen LogP contribution in [-0.4, -0.2) is 0 Å². The Kier molecular flexibility index (Phi) is 3.09. The Labute approximate surface area is 154 Å². The van der Waals surface area contributed by atoms with Crippen LogP contribution < -0.4 is 0 Å². The molecule has 0 aliphatic heterocycles. The number of fused-ring (bicyclic) bond motifs is 6. The van der Waals surface area contributed by atoms with Crippen LogP contribution in [0.15, 0.2) is 84.9 Å². The Morgan fingerprint density at radius 3 is 2.00 bits per heavy atom. The van der Waals surface area contributed by atoms with Crippen molar-refractivity contribution in [2.24, 2.45) is 0 Å². The smallest absolute Gasteiger partial charge is 0.00138 e. The van der Waals surface area contributed by atoms with Crippen molar-refractivity contribution in [3.05, 3.63) is 84.9 Å². The molecule has 122 valence electrons. The van der Waals surface area contributed by atoms with Gasteiger partial charge in [0.05, 0.1) is 0 Å². The van der Waals surface area contributed by atoms with Crippen molar-refractivity contribution in [3.63, 3.8) is 0 Å². The third kappa shape index (κ3) is 2.04. The first-order valence-corrected chi connectivity index (χ1v) is 10.9. The summed E-state index contributed by atoms with van der Waals surface area (Å²) in [6, 6.07) is 31.6. The molecule has 0 spiro atoms. The van der Waals surface area contributed by atoms with E-state index in [0.717, 1.165) is 16.4 Å². The van der Waals surface area contributed by atoms with E-state index >= 15 is 0 Å². The average Bonchev–Trinajstić information content (AvgIpc) is 3.25. The highest BCUT2D eigenvalue weighted by atomic mass is 31.0. The van der Waals surface area contributed by atoms with Crippen LogP contribution >= 0.6 is 16.4 Å². The standard InChI is InChI=1S/C24H16P2/c1-3-9-20-17(6-1)18-13-12-15(14-23(18)26-20)16-8-5-11-22-24(16)19-7-2-4-10-21(19)25-22/h1-14,25-26H. The third-order valence-corrected chi connectivity index (χ3v) is 8.13. The molecule has 0 saturated heterocycles. The van der Waals surface area contributed by atoms with Gasteiger partial charge in [-0.15, -0.1) is 16.4 Å². The molecular formula is C24H16P2. The van der Waals surface area contributed by atoms with Crippen molar-refractivity contribution in [1.82, 2.24) is 0 Å². The maximum Gasteiger partial charge on any atom is 0.00138 e. The summed E-state index contributed by atoms with van der Waals surface area (Å²) in [5.74, 6) is 0.